The van der Waals surface area contributed by atoms with Gasteiger partial charge in [-0.25, -0.2) is 4.68 Å². The minimum atomic E-state index is -0.596. The molecule has 0 unspecified atom stereocenters. The molecule has 2 aromatic heterocycles. The molecule has 4 rings (SSSR count). The van der Waals surface area contributed by atoms with Crippen molar-refractivity contribution in [3.05, 3.63) is 76.3 Å². The highest BCUT2D eigenvalue weighted by Gasteiger charge is 2.28. The lowest BCUT2D eigenvalue weighted by Crippen LogP contribution is -2.53. The number of hydrogen-bond donors (Lipinski definition) is 1. The highest BCUT2D eigenvalue weighted by Crippen LogP contribution is 2.14. The van der Waals surface area contributed by atoms with Crippen LogP contribution in [-0.4, -0.2) is 65.1 Å². The Bertz CT molecular complexity index is 1170. The summed E-state index contributed by atoms with van der Waals surface area (Å²) in [6, 6.07) is 12.3. The first-order valence-corrected chi connectivity index (χ1v) is 9.66. The first kappa shape index (κ1) is 20.4. The second-order valence-electron chi connectivity index (χ2n) is 7.08. The zero-order chi connectivity index (χ0) is 22.0. The van der Waals surface area contributed by atoms with Crippen LogP contribution in [0.15, 0.2) is 59.7 Å². The van der Waals surface area contributed by atoms with E-state index >= 15 is 0 Å². The van der Waals surface area contributed by atoms with Gasteiger partial charge in [-0.3, -0.25) is 24.1 Å². The summed E-state index contributed by atoms with van der Waals surface area (Å²) in [7, 11) is 3.33. The predicted molar refractivity (Wildman–Crippen MR) is 114 cm³/mol. The molecule has 3 aromatic rings. The largest absolute Gasteiger partial charge is 0.383 e. The van der Waals surface area contributed by atoms with Crippen LogP contribution in [-0.2, 0) is 4.74 Å². The molecule has 0 aliphatic carbocycles. The lowest BCUT2D eigenvalue weighted by atomic mass is 10.2. The van der Waals surface area contributed by atoms with Crippen molar-refractivity contribution in [2.24, 2.45) is 0 Å². The number of amides is 2. The van der Waals surface area contributed by atoms with Crippen molar-refractivity contribution in [3.63, 3.8) is 0 Å². The molecule has 1 N–H and O–H groups in total. The van der Waals surface area contributed by atoms with Gasteiger partial charge in [-0.15, -0.1) is 0 Å². The van der Waals surface area contributed by atoms with Gasteiger partial charge in [0.25, 0.3) is 11.8 Å². The maximum Gasteiger partial charge on any atom is 0.274 e. The molecule has 0 radical (unpaired) electrons. The third kappa shape index (κ3) is 4.05. The Morgan fingerprint density at radius 1 is 1.19 bits per heavy atom. The Balaban J connectivity index is 1.56. The van der Waals surface area contributed by atoms with Crippen LogP contribution in [0.25, 0.3) is 5.69 Å². The number of nitrogens with zero attached hydrogens (tertiary/aromatic N) is 5. The van der Waals surface area contributed by atoms with Crippen molar-refractivity contribution in [3.8, 4) is 5.69 Å². The summed E-state index contributed by atoms with van der Waals surface area (Å²) < 4.78 is 8.18. The van der Waals surface area contributed by atoms with Crippen molar-refractivity contribution in [2.75, 3.05) is 44.3 Å². The molecule has 1 aromatic carbocycles. The number of aromatic nitrogens is 3. The van der Waals surface area contributed by atoms with Gasteiger partial charge in [0.05, 0.1) is 12.3 Å². The zero-order valence-corrected chi connectivity index (χ0v) is 17.2. The maximum atomic E-state index is 12.8. The Morgan fingerprint density at radius 2 is 1.97 bits per heavy atom. The molecule has 31 heavy (non-hydrogen) atoms. The van der Waals surface area contributed by atoms with E-state index in [-0.39, 0.29) is 17.2 Å². The Labute approximate surface area is 178 Å². The number of rotatable bonds is 6. The summed E-state index contributed by atoms with van der Waals surface area (Å²) >= 11 is 0. The fourth-order valence-corrected chi connectivity index (χ4v) is 3.35. The van der Waals surface area contributed by atoms with Crippen molar-refractivity contribution in [2.45, 2.75) is 0 Å². The first-order valence-electron chi connectivity index (χ1n) is 9.66. The molecule has 160 valence electrons. The van der Waals surface area contributed by atoms with E-state index in [1.54, 1.807) is 41.0 Å². The van der Waals surface area contributed by atoms with E-state index in [1.165, 1.54) is 16.9 Å². The van der Waals surface area contributed by atoms with Gasteiger partial charge >= 0.3 is 0 Å². The standard InChI is InChI=1S/C21H22N6O4/c1-24-14-25(10-11-31-2)21(30)17-12-18(28)16(13-27(17)24)20(29)22-19-8-9-26(23-19)15-6-4-3-5-7-15/h3-9,12-13H,10-11,14H2,1-2H3,(H,22,23,29). The van der Waals surface area contributed by atoms with Gasteiger partial charge in [-0.1, -0.05) is 18.2 Å². The molecule has 0 saturated heterocycles. The van der Waals surface area contributed by atoms with Crippen molar-refractivity contribution in [1.29, 1.82) is 0 Å². The Kier molecular flexibility index (Phi) is 5.54. The highest BCUT2D eigenvalue weighted by atomic mass is 16.5. The van der Waals surface area contributed by atoms with Gasteiger partial charge in [-0.05, 0) is 12.1 Å². The average molecular weight is 422 g/mol. The number of ether oxygens (including phenoxy) is 1. The third-order valence-corrected chi connectivity index (χ3v) is 4.94. The second-order valence-corrected chi connectivity index (χ2v) is 7.08. The number of anilines is 1. The highest BCUT2D eigenvalue weighted by molar-refractivity contribution is 6.04. The minimum Gasteiger partial charge on any atom is -0.383 e. The Hall–Kier alpha value is -3.92. The molecule has 2 amide bonds. The van der Waals surface area contributed by atoms with Gasteiger partial charge in [0.1, 0.15) is 17.9 Å². The van der Waals surface area contributed by atoms with E-state index in [0.717, 1.165) is 5.69 Å². The molecular formula is C21H22N6O4. The van der Waals surface area contributed by atoms with E-state index in [9.17, 15) is 14.4 Å². The number of methoxy groups -OCH3 is 1. The molecule has 1 aliphatic heterocycles. The van der Waals surface area contributed by atoms with Crippen LogP contribution < -0.4 is 15.8 Å². The summed E-state index contributed by atoms with van der Waals surface area (Å²) in [5, 5.41) is 8.71. The van der Waals surface area contributed by atoms with E-state index in [0.29, 0.717) is 25.6 Å². The van der Waals surface area contributed by atoms with Crippen molar-refractivity contribution in [1.82, 2.24) is 19.4 Å². The van der Waals surface area contributed by atoms with E-state index < -0.39 is 11.3 Å². The van der Waals surface area contributed by atoms with Crippen LogP contribution >= 0.6 is 0 Å². The normalized spacial score (nSPS) is 13.3. The number of carbonyl (C=O) groups excluding carboxylic acids is 2. The molecule has 0 fully saturated rings. The number of hydrogen-bond acceptors (Lipinski definition) is 6. The molecule has 0 saturated carbocycles. The number of fused-ring (bicyclic) bond motifs is 1. The van der Waals surface area contributed by atoms with Crippen LogP contribution in [0, 0.1) is 0 Å². The fraction of sp³-hybridized carbons (Fsp3) is 0.238. The molecule has 10 heteroatoms. The average Bonchev–Trinajstić information content (AvgIpc) is 3.24. The molecule has 1 aliphatic rings. The molecular weight excluding hydrogens is 400 g/mol. The summed E-state index contributed by atoms with van der Waals surface area (Å²) in [4.78, 5) is 39.6. The van der Waals surface area contributed by atoms with Gasteiger partial charge in [-0.2, -0.15) is 5.10 Å². The van der Waals surface area contributed by atoms with Crippen LogP contribution in [0.4, 0.5) is 5.82 Å². The fourth-order valence-electron chi connectivity index (χ4n) is 3.35. The molecule has 0 atom stereocenters. The van der Waals surface area contributed by atoms with Gasteiger partial charge in [0.2, 0.25) is 0 Å². The molecule has 10 nitrogen and oxygen atoms in total. The zero-order valence-electron chi connectivity index (χ0n) is 17.2. The summed E-state index contributed by atoms with van der Waals surface area (Å²) in [6.07, 6.45) is 3.10. The van der Waals surface area contributed by atoms with Gasteiger partial charge in [0.15, 0.2) is 11.2 Å². The quantitative estimate of drug-likeness (QED) is 0.634. The maximum absolute atomic E-state index is 12.8. The number of nitrogens with one attached hydrogen (secondary N) is 1. The van der Waals surface area contributed by atoms with Crippen LogP contribution in [0.2, 0.25) is 0 Å². The minimum absolute atomic E-state index is 0.0806. The summed E-state index contributed by atoms with van der Waals surface area (Å²) in [6.45, 7) is 1.10. The van der Waals surface area contributed by atoms with Gasteiger partial charge in [0, 0.05) is 45.2 Å². The van der Waals surface area contributed by atoms with E-state index in [4.69, 9.17) is 4.74 Å². The lowest BCUT2D eigenvalue weighted by molar-refractivity contribution is 0.0634. The monoisotopic (exact) mass is 422 g/mol. The number of pyridine rings is 1. The van der Waals surface area contributed by atoms with E-state index in [1.807, 2.05) is 30.3 Å². The number of para-hydroxylation sites is 1. The van der Waals surface area contributed by atoms with Crippen LogP contribution in [0.1, 0.15) is 20.8 Å². The van der Waals surface area contributed by atoms with Gasteiger partial charge < -0.3 is 15.0 Å². The number of benzene rings is 1. The summed E-state index contributed by atoms with van der Waals surface area (Å²) in [5.41, 5.74) is 0.416. The van der Waals surface area contributed by atoms with Crippen molar-refractivity contribution >= 4 is 17.6 Å². The van der Waals surface area contributed by atoms with E-state index in [2.05, 4.69) is 10.4 Å². The topological polar surface area (TPSA) is 102 Å². The van der Waals surface area contributed by atoms with Crippen molar-refractivity contribution < 1.29 is 14.3 Å². The lowest BCUT2D eigenvalue weighted by Gasteiger charge is -2.37. The number of carbonyl (C=O) groups is 2. The third-order valence-electron chi connectivity index (χ3n) is 4.94. The summed E-state index contributed by atoms with van der Waals surface area (Å²) in [5.74, 6) is -0.576. The smallest absolute Gasteiger partial charge is 0.274 e. The predicted octanol–water partition coefficient (Wildman–Crippen LogP) is 0.914. The first-order chi connectivity index (χ1) is 15.0. The van der Waals surface area contributed by atoms with Crippen LogP contribution in [0.3, 0.4) is 0 Å². The molecule has 0 spiro atoms. The molecule has 3 heterocycles. The second kappa shape index (κ2) is 8.44. The molecule has 0 bridgehead atoms. The SMILES string of the molecule is COCCN1CN(C)n2cc(C(=O)Nc3ccn(-c4ccccc4)n3)c(=O)cc2C1=O. The Morgan fingerprint density at radius 3 is 2.71 bits per heavy atom. The van der Waals surface area contributed by atoms with Crippen LogP contribution in [0.5, 0.6) is 0 Å².